The molecule has 2 rings (SSSR count). The molecule has 1 aromatic carbocycles. The van der Waals surface area contributed by atoms with Crippen molar-refractivity contribution in [1.82, 2.24) is 15.3 Å². The molecule has 2 unspecified atom stereocenters. The lowest BCUT2D eigenvalue weighted by Gasteiger charge is -2.18. The van der Waals surface area contributed by atoms with Crippen molar-refractivity contribution < 1.29 is 14.7 Å². The molecule has 2 N–H and O–H groups in total. The van der Waals surface area contributed by atoms with Crippen molar-refractivity contribution in [3.8, 4) is 0 Å². The lowest BCUT2D eigenvalue weighted by molar-refractivity contribution is -0.141. The van der Waals surface area contributed by atoms with Crippen LogP contribution in [0.25, 0.3) is 11.0 Å². The maximum absolute atomic E-state index is 12.2. The topological polar surface area (TPSA) is 92.2 Å². The molecule has 104 valence electrons. The molecule has 0 aliphatic carbocycles. The first kappa shape index (κ1) is 13.9. The van der Waals surface area contributed by atoms with E-state index in [1.165, 1.54) is 6.20 Å². The quantitative estimate of drug-likeness (QED) is 0.880. The molecular weight excluding hydrogens is 258 g/mol. The highest BCUT2D eigenvalue weighted by molar-refractivity contribution is 6.04. The van der Waals surface area contributed by atoms with Crippen LogP contribution in [0, 0.1) is 5.92 Å². The molecule has 1 aromatic heterocycles. The fourth-order valence-electron chi connectivity index (χ4n) is 1.80. The number of aromatic nitrogens is 2. The molecule has 0 bridgehead atoms. The van der Waals surface area contributed by atoms with Gasteiger partial charge in [0.05, 0.1) is 17.0 Å². The third kappa shape index (κ3) is 2.74. The number of benzene rings is 1. The Kier molecular flexibility index (Phi) is 3.93. The summed E-state index contributed by atoms with van der Waals surface area (Å²) in [5.41, 5.74) is 1.52. The van der Waals surface area contributed by atoms with E-state index in [1.807, 2.05) is 0 Å². The number of carbonyl (C=O) groups is 2. The number of para-hydroxylation sites is 1. The smallest absolute Gasteiger partial charge is 0.308 e. The lowest BCUT2D eigenvalue weighted by Crippen LogP contribution is -2.40. The van der Waals surface area contributed by atoms with E-state index in [0.29, 0.717) is 16.6 Å². The third-order valence-electron chi connectivity index (χ3n) is 3.24. The van der Waals surface area contributed by atoms with Crippen LogP contribution in [-0.4, -0.2) is 33.0 Å². The molecule has 0 saturated carbocycles. The van der Waals surface area contributed by atoms with Gasteiger partial charge in [0, 0.05) is 18.4 Å². The summed E-state index contributed by atoms with van der Waals surface area (Å²) >= 11 is 0. The molecule has 0 saturated heterocycles. The van der Waals surface area contributed by atoms with Crippen molar-refractivity contribution in [2.24, 2.45) is 5.92 Å². The molecule has 2 atom stereocenters. The summed E-state index contributed by atoms with van der Waals surface area (Å²) < 4.78 is 0. The second kappa shape index (κ2) is 5.64. The summed E-state index contributed by atoms with van der Waals surface area (Å²) in [4.78, 5) is 31.4. The maximum Gasteiger partial charge on any atom is 0.308 e. The summed E-state index contributed by atoms with van der Waals surface area (Å²) in [6, 6.07) is 4.65. The Labute approximate surface area is 115 Å². The number of hydrogen-bond donors (Lipinski definition) is 2. The summed E-state index contributed by atoms with van der Waals surface area (Å²) in [6.07, 6.45) is 3.07. The summed E-state index contributed by atoms with van der Waals surface area (Å²) in [5.74, 6) is -1.97. The molecule has 0 fully saturated rings. The van der Waals surface area contributed by atoms with Crippen molar-refractivity contribution in [3.05, 3.63) is 36.2 Å². The van der Waals surface area contributed by atoms with Crippen LogP contribution in [0.15, 0.2) is 30.6 Å². The molecule has 0 aliphatic rings. The molecule has 0 radical (unpaired) electrons. The number of nitrogens with one attached hydrogen (secondary N) is 1. The number of carboxylic acids is 1. The Morgan fingerprint density at radius 3 is 2.60 bits per heavy atom. The Hall–Kier alpha value is -2.50. The Morgan fingerprint density at radius 2 is 1.90 bits per heavy atom. The van der Waals surface area contributed by atoms with E-state index in [4.69, 9.17) is 5.11 Å². The van der Waals surface area contributed by atoms with Gasteiger partial charge in [-0.25, -0.2) is 0 Å². The van der Waals surface area contributed by atoms with Crippen molar-refractivity contribution >= 4 is 22.9 Å². The Bertz CT molecular complexity index is 652. The van der Waals surface area contributed by atoms with Gasteiger partial charge in [0.25, 0.3) is 5.91 Å². The van der Waals surface area contributed by atoms with E-state index in [1.54, 1.807) is 38.2 Å². The van der Waals surface area contributed by atoms with Gasteiger partial charge < -0.3 is 10.4 Å². The average Bonchev–Trinajstić information content (AvgIpc) is 2.45. The normalized spacial score (nSPS) is 13.7. The van der Waals surface area contributed by atoms with Crippen LogP contribution >= 0.6 is 0 Å². The highest BCUT2D eigenvalue weighted by atomic mass is 16.4. The Balaban J connectivity index is 2.26. The fraction of sp³-hybridized carbons (Fsp3) is 0.286. The highest BCUT2D eigenvalue weighted by Crippen LogP contribution is 2.14. The zero-order chi connectivity index (χ0) is 14.7. The van der Waals surface area contributed by atoms with Crippen molar-refractivity contribution in [2.75, 3.05) is 0 Å². The monoisotopic (exact) mass is 273 g/mol. The number of nitrogens with zero attached hydrogens (tertiary/aromatic N) is 2. The molecule has 1 amide bonds. The van der Waals surface area contributed by atoms with Crippen LogP contribution in [0.2, 0.25) is 0 Å². The minimum absolute atomic E-state index is 0.350. The number of fused-ring (bicyclic) bond motifs is 1. The van der Waals surface area contributed by atoms with Crippen molar-refractivity contribution in [1.29, 1.82) is 0 Å². The van der Waals surface area contributed by atoms with E-state index in [2.05, 4.69) is 15.3 Å². The minimum atomic E-state index is -0.949. The first-order chi connectivity index (χ1) is 9.50. The zero-order valence-corrected chi connectivity index (χ0v) is 11.2. The average molecular weight is 273 g/mol. The Morgan fingerprint density at radius 1 is 1.20 bits per heavy atom. The van der Waals surface area contributed by atoms with Gasteiger partial charge in [-0.2, -0.15) is 0 Å². The first-order valence-electron chi connectivity index (χ1n) is 6.24. The van der Waals surface area contributed by atoms with Gasteiger partial charge in [-0.3, -0.25) is 19.6 Å². The molecule has 6 nitrogen and oxygen atoms in total. The number of rotatable bonds is 4. The number of hydrogen-bond acceptors (Lipinski definition) is 4. The predicted octanol–water partition coefficient (Wildman–Crippen LogP) is 1.47. The minimum Gasteiger partial charge on any atom is -0.481 e. The molecule has 0 aliphatic heterocycles. The SMILES string of the molecule is CC(NC(=O)c1cccc2nccnc12)C(C)C(=O)O. The standard InChI is InChI=1S/C14H15N3O3/c1-8(14(19)20)9(2)17-13(18)10-4-3-5-11-12(10)16-7-6-15-11/h3-9H,1-2H3,(H,17,18)(H,19,20). The van der Waals surface area contributed by atoms with Gasteiger partial charge in [0.1, 0.15) is 5.52 Å². The van der Waals surface area contributed by atoms with Gasteiger partial charge in [-0.15, -0.1) is 0 Å². The van der Waals surface area contributed by atoms with Crippen molar-refractivity contribution in [2.45, 2.75) is 19.9 Å². The number of carboxylic acid groups (broad SMARTS) is 1. The van der Waals surface area contributed by atoms with E-state index in [9.17, 15) is 9.59 Å². The van der Waals surface area contributed by atoms with E-state index < -0.39 is 17.9 Å². The molecule has 1 heterocycles. The van der Waals surface area contributed by atoms with Crippen LogP contribution in [0.3, 0.4) is 0 Å². The van der Waals surface area contributed by atoms with Crippen molar-refractivity contribution in [3.63, 3.8) is 0 Å². The lowest BCUT2D eigenvalue weighted by atomic mass is 10.0. The number of amides is 1. The number of carbonyl (C=O) groups excluding carboxylic acids is 1. The van der Waals surface area contributed by atoms with Gasteiger partial charge in [-0.05, 0) is 26.0 Å². The van der Waals surface area contributed by atoms with Crippen LogP contribution in [0.4, 0.5) is 0 Å². The highest BCUT2D eigenvalue weighted by Gasteiger charge is 2.22. The van der Waals surface area contributed by atoms with Crippen LogP contribution in [0.5, 0.6) is 0 Å². The molecule has 2 aromatic rings. The second-order valence-electron chi connectivity index (χ2n) is 4.62. The predicted molar refractivity (Wildman–Crippen MR) is 73.3 cm³/mol. The van der Waals surface area contributed by atoms with Crippen LogP contribution in [0.1, 0.15) is 24.2 Å². The molecule has 6 heteroatoms. The van der Waals surface area contributed by atoms with Gasteiger partial charge in [0.2, 0.25) is 0 Å². The van der Waals surface area contributed by atoms with Gasteiger partial charge >= 0.3 is 5.97 Å². The second-order valence-corrected chi connectivity index (χ2v) is 4.62. The first-order valence-corrected chi connectivity index (χ1v) is 6.24. The van der Waals surface area contributed by atoms with Crippen LogP contribution in [-0.2, 0) is 4.79 Å². The van der Waals surface area contributed by atoms with Crippen LogP contribution < -0.4 is 5.32 Å². The largest absolute Gasteiger partial charge is 0.481 e. The molecular formula is C14H15N3O3. The summed E-state index contributed by atoms with van der Waals surface area (Å²) in [7, 11) is 0. The maximum atomic E-state index is 12.2. The third-order valence-corrected chi connectivity index (χ3v) is 3.24. The fourth-order valence-corrected chi connectivity index (χ4v) is 1.80. The summed E-state index contributed by atoms with van der Waals surface area (Å²) in [5, 5.41) is 11.6. The van der Waals surface area contributed by atoms with Gasteiger partial charge in [-0.1, -0.05) is 6.07 Å². The molecule has 20 heavy (non-hydrogen) atoms. The van der Waals surface area contributed by atoms with E-state index in [0.717, 1.165) is 0 Å². The van der Waals surface area contributed by atoms with E-state index >= 15 is 0 Å². The molecule has 0 spiro atoms. The summed E-state index contributed by atoms with van der Waals surface area (Å²) in [6.45, 7) is 3.21. The number of aliphatic carboxylic acids is 1. The van der Waals surface area contributed by atoms with E-state index in [-0.39, 0.29) is 5.91 Å². The van der Waals surface area contributed by atoms with Gasteiger partial charge in [0.15, 0.2) is 0 Å². The zero-order valence-electron chi connectivity index (χ0n) is 11.2.